The van der Waals surface area contributed by atoms with Gasteiger partial charge in [0.25, 0.3) is 0 Å². The second-order valence-corrected chi connectivity index (χ2v) is 10.1. The quantitative estimate of drug-likeness (QED) is 0.659. The Kier molecular flexibility index (Phi) is 6.81. The molecule has 1 fully saturated rings. The van der Waals surface area contributed by atoms with Gasteiger partial charge in [0.1, 0.15) is 0 Å². The lowest BCUT2D eigenvalue weighted by Gasteiger charge is -2.39. The van der Waals surface area contributed by atoms with E-state index in [1.807, 2.05) is 0 Å². The molecular formula is C15H29ClO3S. The highest BCUT2D eigenvalue weighted by Crippen LogP contribution is 2.39. The van der Waals surface area contributed by atoms with E-state index in [9.17, 15) is 8.42 Å². The van der Waals surface area contributed by atoms with Gasteiger partial charge in [-0.2, -0.15) is 0 Å². The lowest BCUT2D eigenvalue weighted by Crippen LogP contribution is -2.34. The third kappa shape index (κ3) is 7.28. The molecule has 1 aliphatic rings. The Balaban J connectivity index is 2.50. The van der Waals surface area contributed by atoms with E-state index < -0.39 is 9.05 Å². The van der Waals surface area contributed by atoms with Crippen molar-refractivity contribution in [2.75, 3.05) is 12.4 Å². The summed E-state index contributed by atoms with van der Waals surface area (Å²) in [4.78, 5) is 0. The van der Waals surface area contributed by atoms with E-state index in [1.165, 1.54) is 6.42 Å². The van der Waals surface area contributed by atoms with E-state index in [0.29, 0.717) is 17.9 Å². The summed E-state index contributed by atoms with van der Waals surface area (Å²) in [5.41, 5.74) is 0.321. The maximum absolute atomic E-state index is 11.2. The molecule has 0 radical (unpaired) electrons. The molecule has 0 aromatic rings. The molecule has 0 aliphatic heterocycles. The first-order valence-corrected chi connectivity index (χ1v) is 10.1. The summed E-state index contributed by atoms with van der Waals surface area (Å²) in [5, 5.41) is 0. The van der Waals surface area contributed by atoms with Crippen LogP contribution in [0.15, 0.2) is 0 Å². The summed E-state index contributed by atoms with van der Waals surface area (Å²) in [7, 11) is 1.93. The Morgan fingerprint density at radius 3 is 2.50 bits per heavy atom. The Hall–Kier alpha value is 0.200. The van der Waals surface area contributed by atoms with E-state index >= 15 is 0 Å². The van der Waals surface area contributed by atoms with Crippen molar-refractivity contribution in [1.82, 2.24) is 0 Å². The normalized spacial score (nSPS) is 28.2. The minimum Gasteiger partial charge on any atom is -0.378 e. The lowest BCUT2D eigenvalue weighted by molar-refractivity contribution is -0.0347. The van der Waals surface area contributed by atoms with Gasteiger partial charge < -0.3 is 4.74 Å². The first kappa shape index (κ1) is 18.2. The van der Waals surface area contributed by atoms with Gasteiger partial charge in [-0.3, -0.25) is 0 Å². The molecule has 0 aromatic carbocycles. The molecule has 120 valence electrons. The Labute approximate surface area is 128 Å². The zero-order valence-corrected chi connectivity index (χ0v) is 14.8. The predicted molar refractivity (Wildman–Crippen MR) is 84.6 cm³/mol. The third-order valence-electron chi connectivity index (χ3n) is 4.05. The third-order valence-corrected chi connectivity index (χ3v) is 5.29. The molecule has 1 rings (SSSR count). The maximum Gasteiger partial charge on any atom is 0.232 e. The molecule has 0 heterocycles. The van der Waals surface area contributed by atoms with Gasteiger partial charge in [0.2, 0.25) is 9.05 Å². The number of ether oxygens (including phenoxy) is 1. The Morgan fingerprint density at radius 1 is 1.35 bits per heavy atom. The van der Waals surface area contributed by atoms with E-state index in [-0.39, 0.29) is 17.8 Å². The van der Waals surface area contributed by atoms with E-state index in [0.717, 1.165) is 25.7 Å². The van der Waals surface area contributed by atoms with Crippen molar-refractivity contribution in [2.45, 2.75) is 65.9 Å². The molecule has 0 aromatic heterocycles. The molecule has 5 heteroatoms. The summed E-state index contributed by atoms with van der Waals surface area (Å²) in [6, 6.07) is 0. The molecule has 0 saturated heterocycles. The molecule has 3 atom stereocenters. The molecule has 3 nitrogen and oxygen atoms in total. The minimum absolute atomic E-state index is 0.0165. The van der Waals surface area contributed by atoms with Crippen molar-refractivity contribution in [3.05, 3.63) is 0 Å². The zero-order valence-electron chi connectivity index (χ0n) is 13.2. The highest BCUT2D eigenvalue weighted by atomic mass is 35.7. The van der Waals surface area contributed by atoms with Crippen LogP contribution in [0, 0.1) is 17.3 Å². The standard InChI is InChI=1S/C15H29ClO3S/c1-5-6-13(11-20(16,17)18)10-19-14-7-12(2)8-15(3,4)9-14/h12-14H,5-11H2,1-4H3. The maximum atomic E-state index is 11.2. The van der Waals surface area contributed by atoms with Gasteiger partial charge in [-0.1, -0.05) is 34.1 Å². The molecule has 0 amide bonds. The van der Waals surface area contributed by atoms with Crippen LogP contribution in [-0.2, 0) is 13.8 Å². The molecule has 20 heavy (non-hydrogen) atoms. The number of hydrogen-bond donors (Lipinski definition) is 0. The van der Waals surface area contributed by atoms with Crippen LogP contribution in [0.4, 0.5) is 0 Å². The van der Waals surface area contributed by atoms with Crippen LogP contribution >= 0.6 is 10.7 Å². The lowest BCUT2D eigenvalue weighted by atomic mass is 9.71. The van der Waals surface area contributed by atoms with Crippen LogP contribution < -0.4 is 0 Å². The highest BCUT2D eigenvalue weighted by molar-refractivity contribution is 8.13. The minimum atomic E-state index is -3.44. The van der Waals surface area contributed by atoms with E-state index in [4.69, 9.17) is 15.4 Å². The smallest absolute Gasteiger partial charge is 0.232 e. The van der Waals surface area contributed by atoms with Crippen molar-refractivity contribution >= 4 is 19.7 Å². The fourth-order valence-corrected chi connectivity index (χ4v) is 4.92. The average molecular weight is 325 g/mol. The van der Waals surface area contributed by atoms with E-state index in [1.54, 1.807) is 0 Å². The fraction of sp³-hybridized carbons (Fsp3) is 1.00. The van der Waals surface area contributed by atoms with Gasteiger partial charge in [0, 0.05) is 10.7 Å². The summed E-state index contributed by atoms with van der Waals surface area (Å²) < 4.78 is 28.5. The van der Waals surface area contributed by atoms with Crippen molar-refractivity contribution in [3.8, 4) is 0 Å². The predicted octanol–water partition coefficient (Wildman–Crippen LogP) is 4.20. The SMILES string of the molecule is CCCC(COC1CC(C)CC(C)(C)C1)CS(=O)(=O)Cl. The summed E-state index contributed by atoms with van der Waals surface area (Å²) in [6.07, 6.45) is 5.43. The summed E-state index contributed by atoms with van der Waals surface area (Å²) in [5.74, 6) is 0.710. The number of hydrogen-bond acceptors (Lipinski definition) is 3. The van der Waals surface area contributed by atoms with Crippen LogP contribution in [0.3, 0.4) is 0 Å². The Morgan fingerprint density at radius 2 is 2.00 bits per heavy atom. The highest BCUT2D eigenvalue weighted by Gasteiger charge is 2.33. The van der Waals surface area contributed by atoms with Gasteiger partial charge in [-0.15, -0.1) is 0 Å². The van der Waals surface area contributed by atoms with Crippen molar-refractivity contribution < 1.29 is 13.2 Å². The van der Waals surface area contributed by atoms with Crippen molar-refractivity contribution in [2.24, 2.45) is 17.3 Å². The Bertz CT molecular complexity index is 392. The largest absolute Gasteiger partial charge is 0.378 e. The van der Waals surface area contributed by atoms with Crippen LogP contribution in [0.5, 0.6) is 0 Å². The first-order valence-electron chi connectivity index (χ1n) is 7.65. The topological polar surface area (TPSA) is 43.4 Å². The second-order valence-electron chi connectivity index (χ2n) is 7.23. The summed E-state index contributed by atoms with van der Waals surface area (Å²) in [6.45, 7) is 9.40. The van der Waals surface area contributed by atoms with Gasteiger partial charge in [-0.25, -0.2) is 8.42 Å². The zero-order chi connectivity index (χ0) is 15.4. The molecule has 3 unspecified atom stereocenters. The van der Waals surface area contributed by atoms with Crippen LogP contribution in [0.2, 0.25) is 0 Å². The molecule has 0 spiro atoms. The van der Waals surface area contributed by atoms with Crippen LogP contribution in [-0.4, -0.2) is 26.9 Å². The van der Waals surface area contributed by atoms with Gasteiger partial charge in [0.05, 0.1) is 18.5 Å². The number of halogens is 1. The summed E-state index contributed by atoms with van der Waals surface area (Å²) >= 11 is 0. The van der Waals surface area contributed by atoms with Crippen molar-refractivity contribution in [3.63, 3.8) is 0 Å². The van der Waals surface area contributed by atoms with Gasteiger partial charge >= 0.3 is 0 Å². The molecule has 1 saturated carbocycles. The monoisotopic (exact) mass is 324 g/mol. The second kappa shape index (κ2) is 7.46. The van der Waals surface area contributed by atoms with Crippen molar-refractivity contribution in [1.29, 1.82) is 0 Å². The first-order chi connectivity index (χ1) is 9.11. The molecule has 0 N–H and O–H groups in total. The van der Waals surface area contributed by atoms with Crippen LogP contribution in [0.1, 0.15) is 59.8 Å². The van der Waals surface area contributed by atoms with Gasteiger partial charge in [-0.05, 0) is 42.9 Å². The van der Waals surface area contributed by atoms with Gasteiger partial charge in [0.15, 0.2) is 0 Å². The van der Waals surface area contributed by atoms with Crippen LogP contribution in [0.25, 0.3) is 0 Å². The van der Waals surface area contributed by atoms with E-state index in [2.05, 4.69) is 27.7 Å². The molecular weight excluding hydrogens is 296 g/mol. The average Bonchev–Trinajstić information content (AvgIpc) is 2.21. The fourth-order valence-electron chi connectivity index (χ4n) is 3.56. The number of rotatable bonds is 7. The molecule has 0 bridgehead atoms. The molecule has 1 aliphatic carbocycles.